The van der Waals surface area contributed by atoms with Crippen LogP contribution in [0.25, 0.3) is 0 Å². The van der Waals surface area contributed by atoms with E-state index < -0.39 is 5.79 Å². The second-order valence-corrected chi connectivity index (χ2v) is 6.24. The molecule has 1 aromatic rings. The monoisotopic (exact) mass is 334 g/mol. The quantitative estimate of drug-likeness (QED) is 0.412. The van der Waals surface area contributed by atoms with E-state index in [1.807, 2.05) is 30.3 Å². The minimum Gasteiger partial charge on any atom is -0.365 e. The van der Waals surface area contributed by atoms with Gasteiger partial charge in [-0.1, -0.05) is 36.4 Å². The molecule has 0 saturated heterocycles. The van der Waals surface area contributed by atoms with Crippen LogP contribution in [0.3, 0.4) is 0 Å². The Kier molecular flexibility index (Phi) is 6.67. The summed E-state index contributed by atoms with van der Waals surface area (Å²) in [6.45, 7) is 0. The Morgan fingerprint density at radius 2 is 2.00 bits per heavy atom. The van der Waals surface area contributed by atoms with Crippen molar-refractivity contribution in [3.8, 4) is 0 Å². The summed E-state index contributed by atoms with van der Waals surface area (Å²) in [6, 6.07) is 7.44. The van der Waals surface area contributed by atoms with E-state index in [2.05, 4.69) is 12.2 Å². The molecule has 1 aromatic carbocycles. The summed E-state index contributed by atoms with van der Waals surface area (Å²) in [4.78, 5) is 12.3. The third kappa shape index (κ3) is 3.96. The Morgan fingerprint density at radius 1 is 1.22 bits per heavy atom. The number of rotatable bonds is 8. The fourth-order valence-corrected chi connectivity index (χ4v) is 3.20. The van der Waals surface area contributed by atoms with Crippen molar-refractivity contribution >= 4 is 14.6 Å². The maximum absolute atomic E-state index is 12.3. The van der Waals surface area contributed by atoms with Gasteiger partial charge in [0.05, 0.1) is 6.16 Å². The highest BCUT2D eigenvalue weighted by Gasteiger charge is 2.36. The second-order valence-electron chi connectivity index (χ2n) is 5.19. The molecule has 0 amide bonds. The number of allylic oxidation sites excluding steroid dienone is 2. The van der Waals surface area contributed by atoms with Gasteiger partial charge in [0.15, 0.2) is 5.78 Å². The first-order chi connectivity index (χ1) is 11.2. The third-order valence-corrected chi connectivity index (χ3v) is 4.65. The maximum Gasteiger partial charge on any atom is 0.221 e. The molecule has 1 aliphatic rings. The van der Waals surface area contributed by atoms with Crippen molar-refractivity contribution in [2.75, 3.05) is 27.5 Å². The molecule has 1 unspecified atom stereocenters. The number of ketones is 1. The molecular formula is C18H23O4P. The molecule has 1 aliphatic carbocycles. The molecule has 5 heteroatoms. The zero-order valence-electron chi connectivity index (χ0n) is 13.8. The fourth-order valence-electron chi connectivity index (χ4n) is 2.72. The Balaban J connectivity index is 2.38. The van der Waals surface area contributed by atoms with Gasteiger partial charge in [0.2, 0.25) is 5.79 Å². The molecule has 23 heavy (non-hydrogen) atoms. The number of benzene rings is 1. The van der Waals surface area contributed by atoms with Gasteiger partial charge in [-0.15, -0.1) is 0 Å². The minimum atomic E-state index is -0.989. The smallest absolute Gasteiger partial charge is 0.221 e. The van der Waals surface area contributed by atoms with Gasteiger partial charge in [-0.3, -0.25) is 4.79 Å². The van der Waals surface area contributed by atoms with Crippen LogP contribution >= 0.6 is 8.81 Å². The average molecular weight is 334 g/mol. The summed E-state index contributed by atoms with van der Waals surface area (Å²) >= 11 is 0. The second kappa shape index (κ2) is 8.51. The van der Waals surface area contributed by atoms with Gasteiger partial charge in [-0.05, 0) is 18.9 Å². The van der Waals surface area contributed by atoms with Gasteiger partial charge in [0.25, 0.3) is 0 Å². The molecule has 0 saturated carbocycles. The Labute approximate surface area is 139 Å². The lowest BCUT2D eigenvalue weighted by molar-refractivity contribution is -0.184. The van der Waals surface area contributed by atoms with E-state index in [4.69, 9.17) is 14.0 Å². The minimum absolute atomic E-state index is 0.0568. The van der Waals surface area contributed by atoms with E-state index in [1.54, 1.807) is 21.3 Å². The number of Topliss-reactive ketones (excluding diaryl/α,β-unsaturated/α-hetero) is 1. The van der Waals surface area contributed by atoms with Crippen molar-refractivity contribution < 1.29 is 18.8 Å². The van der Waals surface area contributed by atoms with Crippen LogP contribution in [0.15, 0.2) is 48.1 Å². The van der Waals surface area contributed by atoms with Crippen LogP contribution in [0.4, 0.5) is 0 Å². The van der Waals surface area contributed by atoms with Crippen LogP contribution in [0.5, 0.6) is 0 Å². The number of methoxy groups -OCH3 is 2. The normalized spacial score (nSPS) is 15.2. The average Bonchev–Trinajstić information content (AvgIpc) is 2.62. The lowest BCUT2D eigenvalue weighted by Crippen LogP contribution is -2.33. The molecule has 4 nitrogen and oxygen atoms in total. The molecule has 1 atom stereocenters. The van der Waals surface area contributed by atoms with Crippen molar-refractivity contribution in [1.29, 1.82) is 0 Å². The highest BCUT2D eigenvalue weighted by molar-refractivity contribution is 7.33. The molecule has 0 bridgehead atoms. The molecule has 0 radical (unpaired) electrons. The molecular weight excluding hydrogens is 311 g/mol. The van der Waals surface area contributed by atoms with Gasteiger partial charge in [-0.2, -0.15) is 0 Å². The Bertz CT molecular complexity index is 603. The SMILES string of the molecule is COPCC(=O)c1cccc(C(OC)(OC)C2=CCCC=C2)c1. The highest BCUT2D eigenvalue weighted by Crippen LogP contribution is 2.37. The standard InChI is InChI=1S/C18H23O4P/c1-20-18(21-2,15-9-5-4-6-10-15)16-11-7-8-14(12-16)17(19)13-23-22-3/h5,7-12,23H,4,6,13H2,1-3H3. The molecule has 0 aliphatic heterocycles. The molecule has 0 fully saturated rings. The summed E-state index contributed by atoms with van der Waals surface area (Å²) in [5.74, 6) is -0.933. The molecule has 0 N–H and O–H groups in total. The van der Waals surface area contributed by atoms with Gasteiger partial charge >= 0.3 is 0 Å². The van der Waals surface area contributed by atoms with Crippen LogP contribution in [0, 0.1) is 0 Å². The van der Waals surface area contributed by atoms with Crippen molar-refractivity contribution in [2.45, 2.75) is 18.6 Å². The maximum atomic E-state index is 12.3. The lowest BCUT2D eigenvalue weighted by Gasteiger charge is -2.33. The molecule has 124 valence electrons. The molecule has 0 aromatic heterocycles. The number of carbonyl (C=O) groups is 1. The first-order valence-electron chi connectivity index (χ1n) is 7.55. The predicted molar refractivity (Wildman–Crippen MR) is 93.1 cm³/mol. The summed E-state index contributed by atoms with van der Waals surface area (Å²) in [5, 5.41) is 0. The van der Waals surface area contributed by atoms with E-state index in [0.29, 0.717) is 11.7 Å². The van der Waals surface area contributed by atoms with Crippen LogP contribution in [-0.4, -0.2) is 33.3 Å². The summed E-state index contributed by atoms with van der Waals surface area (Å²) in [6.07, 6.45) is 8.61. The van der Waals surface area contributed by atoms with E-state index in [-0.39, 0.29) is 14.6 Å². The van der Waals surface area contributed by atoms with E-state index in [0.717, 1.165) is 24.0 Å². The van der Waals surface area contributed by atoms with Crippen LogP contribution < -0.4 is 0 Å². The largest absolute Gasteiger partial charge is 0.365 e. The van der Waals surface area contributed by atoms with Crippen molar-refractivity contribution in [2.24, 2.45) is 0 Å². The highest BCUT2D eigenvalue weighted by atomic mass is 31.1. The number of carbonyl (C=O) groups excluding carboxylic acids is 1. The molecule has 0 spiro atoms. The number of ether oxygens (including phenoxy) is 2. The predicted octanol–water partition coefficient (Wildman–Crippen LogP) is 3.83. The van der Waals surface area contributed by atoms with Crippen molar-refractivity contribution in [3.05, 3.63) is 59.2 Å². The lowest BCUT2D eigenvalue weighted by atomic mass is 9.91. The molecule has 2 rings (SSSR count). The zero-order valence-corrected chi connectivity index (χ0v) is 14.8. The van der Waals surface area contributed by atoms with Crippen LogP contribution in [0.2, 0.25) is 0 Å². The van der Waals surface area contributed by atoms with Crippen LogP contribution in [0.1, 0.15) is 28.8 Å². The summed E-state index contributed by atoms with van der Waals surface area (Å²) < 4.78 is 16.5. The Hall–Kier alpha value is -1.32. The Morgan fingerprint density at radius 3 is 2.61 bits per heavy atom. The van der Waals surface area contributed by atoms with E-state index in [9.17, 15) is 4.79 Å². The van der Waals surface area contributed by atoms with E-state index in [1.165, 1.54) is 0 Å². The van der Waals surface area contributed by atoms with E-state index >= 15 is 0 Å². The van der Waals surface area contributed by atoms with Gasteiger partial charge < -0.3 is 14.0 Å². The van der Waals surface area contributed by atoms with Crippen molar-refractivity contribution in [3.63, 3.8) is 0 Å². The van der Waals surface area contributed by atoms with Gasteiger partial charge in [0.1, 0.15) is 0 Å². The first kappa shape index (κ1) is 18.0. The topological polar surface area (TPSA) is 44.8 Å². The van der Waals surface area contributed by atoms with Crippen molar-refractivity contribution in [1.82, 2.24) is 0 Å². The number of hydrogen-bond acceptors (Lipinski definition) is 4. The number of hydrogen-bond donors (Lipinski definition) is 0. The fraction of sp³-hybridized carbons (Fsp3) is 0.389. The summed E-state index contributed by atoms with van der Waals surface area (Å²) in [5.41, 5.74) is 2.41. The zero-order chi connectivity index (χ0) is 16.7. The molecule has 0 heterocycles. The third-order valence-electron chi connectivity index (χ3n) is 3.89. The van der Waals surface area contributed by atoms with Gasteiger partial charge in [0, 0.05) is 46.8 Å². The first-order valence-corrected chi connectivity index (χ1v) is 8.66. The van der Waals surface area contributed by atoms with Crippen LogP contribution in [-0.2, 0) is 19.8 Å². The van der Waals surface area contributed by atoms with Gasteiger partial charge in [-0.25, -0.2) is 0 Å². The summed E-state index contributed by atoms with van der Waals surface area (Å²) in [7, 11) is 5.01.